The van der Waals surface area contributed by atoms with Crippen LogP contribution in [0.2, 0.25) is 0 Å². The van der Waals surface area contributed by atoms with Crippen LogP contribution in [-0.4, -0.2) is 47.4 Å². The van der Waals surface area contributed by atoms with Gasteiger partial charge in [0.1, 0.15) is 5.69 Å². The predicted octanol–water partition coefficient (Wildman–Crippen LogP) is 7.43. The number of carbonyl (C=O) groups is 2. The zero-order valence-corrected chi connectivity index (χ0v) is 28.1. The maximum atomic E-state index is 13.4. The van der Waals surface area contributed by atoms with Crippen molar-refractivity contribution >= 4 is 51.0 Å². The smallest absolute Gasteiger partial charge is 0.295 e. The highest BCUT2D eigenvalue weighted by atomic mass is 16.5. The number of benzene rings is 4. The molecule has 7 aromatic rings. The summed E-state index contributed by atoms with van der Waals surface area (Å²) in [6.45, 7) is 6.43. The number of hydrogen-bond donors (Lipinski definition) is 4. The van der Waals surface area contributed by atoms with E-state index < -0.39 is 11.8 Å². The Morgan fingerprint density at radius 2 is 1.37 bits per heavy atom. The largest absolute Gasteiger partial charge is 0.515 e. The molecule has 0 aliphatic rings. The number of nitrogens with zero attached hydrogens (tertiary/aromatic N) is 5. The lowest BCUT2D eigenvalue weighted by molar-refractivity contribution is -0.112. The van der Waals surface area contributed by atoms with Crippen LogP contribution in [0, 0.1) is 19.3 Å². The number of aryl methyl sites for hydroxylation is 2. The molecule has 0 aliphatic heterocycles. The molecule has 0 aliphatic carbocycles. The van der Waals surface area contributed by atoms with Crippen LogP contribution in [0.25, 0.3) is 33.1 Å². The summed E-state index contributed by atoms with van der Waals surface area (Å²) in [7, 11) is 0. The van der Waals surface area contributed by atoms with Crippen LogP contribution in [0.3, 0.4) is 0 Å². The molecule has 3 aromatic heterocycles. The van der Waals surface area contributed by atoms with Crippen LogP contribution in [0.15, 0.2) is 113 Å². The maximum absolute atomic E-state index is 13.4. The summed E-state index contributed by atoms with van der Waals surface area (Å²) in [5, 5.41) is 38.0. The molecule has 0 bridgehead atoms. The second kappa shape index (κ2) is 13.6. The van der Waals surface area contributed by atoms with Crippen LogP contribution in [0.4, 0.5) is 11.6 Å². The second-order valence-corrected chi connectivity index (χ2v) is 12.4. The summed E-state index contributed by atoms with van der Waals surface area (Å²) >= 11 is 0. The molecule has 4 N–H and O–H groups in total. The van der Waals surface area contributed by atoms with E-state index in [2.05, 4.69) is 45.2 Å². The van der Waals surface area contributed by atoms with Crippen molar-refractivity contribution in [2.75, 3.05) is 10.6 Å². The summed E-state index contributed by atoms with van der Waals surface area (Å²) in [4.78, 5) is 26.4. The van der Waals surface area contributed by atoms with E-state index in [0.29, 0.717) is 41.8 Å². The Bertz CT molecular complexity index is 2470. The highest BCUT2D eigenvalue weighted by Gasteiger charge is 2.21. The number of aromatic nitrogens is 5. The number of nitrogens with one attached hydrogen (secondary N) is 3. The zero-order valence-electron chi connectivity index (χ0n) is 28.1. The third-order valence-corrected chi connectivity index (χ3v) is 8.59. The van der Waals surface area contributed by atoms with Gasteiger partial charge in [-0.15, -0.1) is 0 Å². The average molecular weight is 679 g/mol. The normalized spacial score (nSPS) is 11.6. The lowest BCUT2D eigenvalue weighted by atomic mass is 10.1. The first kappa shape index (κ1) is 32.7. The highest BCUT2D eigenvalue weighted by Crippen LogP contribution is 2.31. The van der Waals surface area contributed by atoms with Gasteiger partial charge in [0.2, 0.25) is 5.76 Å². The van der Waals surface area contributed by atoms with Crippen molar-refractivity contribution in [2.24, 2.45) is 0 Å². The maximum Gasteiger partial charge on any atom is 0.295 e. The fourth-order valence-electron chi connectivity index (χ4n) is 5.81. The number of aliphatic hydroxyl groups is 1. The molecule has 0 fully saturated rings. The number of rotatable bonds is 10. The number of carbonyl (C=O) groups excluding carboxylic acids is 2. The van der Waals surface area contributed by atoms with E-state index in [9.17, 15) is 14.7 Å². The van der Waals surface area contributed by atoms with E-state index in [1.54, 1.807) is 16.8 Å². The molecule has 254 valence electrons. The molecule has 0 saturated carbocycles. The first-order valence-electron chi connectivity index (χ1n) is 16.2. The standard InChI is InChI=1S/C39H34N8O4/c1-23-8-12-26(13-9-23)20-46-33-7-5-4-6-29(33)36(43-46)42-39(50)35-19-32(45-51-35)28-16-17-34-30(18-28)37(41-38(49)31(22-48)25(3)40)44-47(34)21-27-14-10-24(2)11-15-27/h4-19,22,40,48H,20-21H2,1-3H3,(H,41,44,49)(H,42,43,50)/b31-22+,40-25?. The average Bonchev–Trinajstić information content (AvgIpc) is 3.84. The van der Waals surface area contributed by atoms with Crippen LogP contribution in [-0.2, 0) is 17.9 Å². The summed E-state index contributed by atoms with van der Waals surface area (Å²) in [5.74, 6) is -0.555. The van der Waals surface area contributed by atoms with Gasteiger partial charge in [0.05, 0.1) is 36.0 Å². The molecule has 0 unspecified atom stereocenters. The fourth-order valence-corrected chi connectivity index (χ4v) is 5.81. The molecule has 3 heterocycles. The van der Waals surface area contributed by atoms with Crippen molar-refractivity contribution in [1.29, 1.82) is 5.41 Å². The minimum Gasteiger partial charge on any atom is -0.515 e. The minimum atomic E-state index is -0.675. The molecule has 7 rings (SSSR count). The number of aliphatic hydroxyl groups excluding tert-OH is 1. The molecule has 12 nitrogen and oxygen atoms in total. The van der Waals surface area contributed by atoms with Crippen LogP contribution in [0.5, 0.6) is 0 Å². The molecule has 0 spiro atoms. The van der Waals surface area contributed by atoms with Gasteiger partial charge in [-0.1, -0.05) is 83.0 Å². The number of para-hydroxylation sites is 1. The summed E-state index contributed by atoms with van der Waals surface area (Å²) in [6, 6.07) is 31.0. The van der Waals surface area contributed by atoms with E-state index in [1.165, 1.54) is 12.5 Å². The SMILES string of the molecule is CC(=N)/C(=C\O)C(=O)Nc1nn(Cc2ccc(C)cc2)c2ccc(-c3cc(C(=O)Nc4nn(Cc5ccc(C)cc5)c5ccccc45)on3)cc12. The third kappa shape index (κ3) is 6.75. The third-order valence-electron chi connectivity index (χ3n) is 8.59. The van der Waals surface area contributed by atoms with E-state index in [0.717, 1.165) is 33.1 Å². The summed E-state index contributed by atoms with van der Waals surface area (Å²) in [5.41, 5.74) is 6.73. The van der Waals surface area contributed by atoms with Crippen molar-refractivity contribution in [1.82, 2.24) is 24.7 Å². The molecule has 2 amide bonds. The molecule has 0 radical (unpaired) electrons. The van der Waals surface area contributed by atoms with Gasteiger partial charge in [-0.3, -0.25) is 19.0 Å². The molecule has 51 heavy (non-hydrogen) atoms. The highest BCUT2D eigenvalue weighted by molar-refractivity contribution is 6.24. The number of anilines is 2. The number of fused-ring (bicyclic) bond motifs is 2. The van der Waals surface area contributed by atoms with Crippen LogP contribution >= 0.6 is 0 Å². The van der Waals surface area contributed by atoms with Gasteiger partial charge >= 0.3 is 0 Å². The van der Waals surface area contributed by atoms with Gasteiger partial charge in [-0.2, -0.15) is 10.2 Å². The molecule has 0 atom stereocenters. The van der Waals surface area contributed by atoms with E-state index in [-0.39, 0.29) is 22.9 Å². The van der Waals surface area contributed by atoms with Gasteiger partial charge in [0.15, 0.2) is 11.6 Å². The van der Waals surface area contributed by atoms with Crippen molar-refractivity contribution in [3.05, 3.63) is 137 Å². The monoisotopic (exact) mass is 678 g/mol. The number of amides is 2. The summed E-state index contributed by atoms with van der Waals surface area (Å²) < 4.78 is 9.13. The minimum absolute atomic E-state index is 0.00922. The topological polar surface area (TPSA) is 164 Å². The van der Waals surface area contributed by atoms with Gasteiger partial charge in [-0.05, 0) is 56.2 Å². The Kier molecular flexibility index (Phi) is 8.72. The Balaban J connectivity index is 1.17. The fraction of sp³-hybridized carbons (Fsp3) is 0.128. The first-order valence-corrected chi connectivity index (χ1v) is 16.2. The van der Waals surface area contributed by atoms with Crippen LogP contribution in [0.1, 0.15) is 39.7 Å². The Hall–Kier alpha value is -6.82. The lowest BCUT2D eigenvalue weighted by Crippen LogP contribution is -2.19. The molecule has 4 aromatic carbocycles. The van der Waals surface area contributed by atoms with Gasteiger partial charge < -0.3 is 25.7 Å². The zero-order chi connectivity index (χ0) is 35.6. The summed E-state index contributed by atoms with van der Waals surface area (Å²) in [6.07, 6.45) is 0.605. The van der Waals surface area contributed by atoms with Crippen molar-refractivity contribution in [3.8, 4) is 11.3 Å². The lowest BCUT2D eigenvalue weighted by Gasteiger charge is -2.05. The van der Waals surface area contributed by atoms with E-state index in [1.807, 2.05) is 79.2 Å². The quantitative estimate of drug-likeness (QED) is 0.0664. The molecule has 12 heteroatoms. The predicted molar refractivity (Wildman–Crippen MR) is 196 cm³/mol. The molecular formula is C39H34N8O4. The van der Waals surface area contributed by atoms with Crippen molar-refractivity contribution < 1.29 is 19.2 Å². The van der Waals surface area contributed by atoms with Gasteiger partial charge in [0, 0.05) is 28.1 Å². The van der Waals surface area contributed by atoms with Crippen LogP contribution < -0.4 is 10.6 Å². The Morgan fingerprint density at radius 1 is 0.784 bits per heavy atom. The Morgan fingerprint density at radius 3 is 1.98 bits per heavy atom. The second-order valence-electron chi connectivity index (χ2n) is 12.4. The first-order chi connectivity index (χ1) is 24.7. The number of hydrogen-bond acceptors (Lipinski definition) is 8. The molecule has 0 saturated heterocycles. The van der Waals surface area contributed by atoms with Crippen molar-refractivity contribution in [2.45, 2.75) is 33.9 Å². The molecular weight excluding hydrogens is 644 g/mol. The Labute approximate surface area is 292 Å². The van der Waals surface area contributed by atoms with Gasteiger partial charge in [-0.25, -0.2) is 0 Å². The van der Waals surface area contributed by atoms with Gasteiger partial charge in [0.25, 0.3) is 11.8 Å². The van der Waals surface area contributed by atoms with E-state index in [4.69, 9.17) is 15.0 Å². The van der Waals surface area contributed by atoms with Crippen molar-refractivity contribution in [3.63, 3.8) is 0 Å². The van der Waals surface area contributed by atoms with E-state index >= 15 is 0 Å².